The summed E-state index contributed by atoms with van der Waals surface area (Å²) in [6.07, 6.45) is 0. The van der Waals surface area contributed by atoms with Crippen LogP contribution < -0.4 is 15.2 Å². The van der Waals surface area contributed by atoms with Crippen molar-refractivity contribution in [1.82, 2.24) is 0 Å². The third-order valence-corrected chi connectivity index (χ3v) is 2.62. The number of hydrogen-bond donors (Lipinski definition) is 2. The van der Waals surface area contributed by atoms with Crippen LogP contribution >= 0.6 is 0 Å². The molecule has 1 rings (SSSR count). The number of nitrogens with two attached hydrogens (primary N) is 1. The fourth-order valence-electron chi connectivity index (χ4n) is 1.76. The average molecular weight is 239 g/mol. The van der Waals surface area contributed by atoms with Gasteiger partial charge in [0.05, 0.1) is 20.1 Å². The summed E-state index contributed by atoms with van der Waals surface area (Å²) < 4.78 is 10.4. The highest BCUT2D eigenvalue weighted by atomic mass is 16.5. The van der Waals surface area contributed by atoms with Crippen LogP contribution in [0.2, 0.25) is 0 Å². The number of carbonyl (C=O) groups is 1. The molecular weight excluding hydrogens is 222 g/mol. The molecule has 5 heteroatoms. The summed E-state index contributed by atoms with van der Waals surface area (Å²) in [5.41, 5.74) is 6.91. The molecule has 0 heterocycles. The van der Waals surface area contributed by atoms with E-state index in [1.807, 2.05) is 6.92 Å². The lowest BCUT2D eigenvalue weighted by Gasteiger charge is -2.16. The van der Waals surface area contributed by atoms with Crippen molar-refractivity contribution in [2.45, 2.75) is 12.8 Å². The van der Waals surface area contributed by atoms with Crippen LogP contribution in [0.4, 0.5) is 0 Å². The molecule has 5 nitrogen and oxygen atoms in total. The van der Waals surface area contributed by atoms with E-state index >= 15 is 0 Å². The first-order valence-electron chi connectivity index (χ1n) is 5.20. The molecule has 0 saturated heterocycles. The summed E-state index contributed by atoms with van der Waals surface area (Å²) in [6, 6.07) is 3.41. The van der Waals surface area contributed by atoms with Crippen LogP contribution in [0, 0.1) is 6.92 Å². The van der Waals surface area contributed by atoms with Gasteiger partial charge < -0.3 is 20.3 Å². The third-order valence-electron chi connectivity index (χ3n) is 2.62. The van der Waals surface area contributed by atoms with Crippen LogP contribution in [0.1, 0.15) is 17.0 Å². The highest BCUT2D eigenvalue weighted by Crippen LogP contribution is 2.34. The second kappa shape index (κ2) is 5.54. The summed E-state index contributed by atoms with van der Waals surface area (Å²) in [6.45, 7) is 1.88. The Morgan fingerprint density at radius 1 is 1.41 bits per heavy atom. The molecule has 17 heavy (non-hydrogen) atoms. The highest BCUT2D eigenvalue weighted by molar-refractivity contribution is 5.77. The van der Waals surface area contributed by atoms with Gasteiger partial charge in [-0.15, -0.1) is 0 Å². The molecule has 94 valence electrons. The van der Waals surface area contributed by atoms with Gasteiger partial charge in [-0.05, 0) is 24.1 Å². The van der Waals surface area contributed by atoms with E-state index in [-0.39, 0.29) is 6.54 Å². The minimum atomic E-state index is -0.945. The molecule has 0 spiro atoms. The van der Waals surface area contributed by atoms with Gasteiger partial charge in [0.1, 0.15) is 0 Å². The normalized spacial score (nSPS) is 12.0. The van der Waals surface area contributed by atoms with Crippen LogP contribution in [0.5, 0.6) is 11.5 Å². The number of hydrogen-bond acceptors (Lipinski definition) is 4. The highest BCUT2D eigenvalue weighted by Gasteiger charge is 2.21. The first-order valence-corrected chi connectivity index (χ1v) is 5.20. The molecule has 0 aromatic heterocycles. The summed E-state index contributed by atoms with van der Waals surface area (Å²) in [5.74, 6) is -0.549. The molecular formula is C12H17NO4. The van der Waals surface area contributed by atoms with Crippen molar-refractivity contribution in [2.75, 3.05) is 20.8 Å². The number of carboxylic acids is 1. The van der Waals surface area contributed by atoms with Crippen molar-refractivity contribution in [2.24, 2.45) is 5.73 Å². The van der Waals surface area contributed by atoms with E-state index in [1.165, 1.54) is 7.11 Å². The molecule has 0 bridgehead atoms. The van der Waals surface area contributed by atoms with Gasteiger partial charge in [-0.3, -0.25) is 4.79 Å². The lowest BCUT2D eigenvalue weighted by atomic mass is 9.97. The maximum absolute atomic E-state index is 11.0. The van der Waals surface area contributed by atoms with Gasteiger partial charge in [0, 0.05) is 6.54 Å². The molecule has 0 radical (unpaired) electrons. The maximum atomic E-state index is 11.0. The third kappa shape index (κ3) is 2.68. The van der Waals surface area contributed by atoms with E-state index in [1.54, 1.807) is 19.2 Å². The Labute approximate surface area is 100 Å². The number of rotatable bonds is 5. The predicted octanol–water partition coefficient (Wildman–Crippen LogP) is 1.14. The SMILES string of the molecule is COc1cc(C(CN)C(=O)O)cc(C)c1OC. The Hall–Kier alpha value is -1.75. The number of carboxylic acid groups (broad SMARTS) is 1. The average Bonchev–Trinajstić information content (AvgIpc) is 2.28. The number of aliphatic carboxylic acids is 1. The monoisotopic (exact) mass is 239 g/mol. The second-order valence-electron chi connectivity index (χ2n) is 3.70. The fraction of sp³-hybridized carbons (Fsp3) is 0.417. The van der Waals surface area contributed by atoms with E-state index < -0.39 is 11.9 Å². The van der Waals surface area contributed by atoms with Crippen molar-refractivity contribution >= 4 is 5.97 Å². The topological polar surface area (TPSA) is 81.8 Å². The largest absolute Gasteiger partial charge is 0.493 e. The van der Waals surface area contributed by atoms with Gasteiger partial charge in [-0.25, -0.2) is 0 Å². The Kier molecular flexibility index (Phi) is 4.34. The molecule has 0 saturated carbocycles. The Morgan fingerprint density at radius 3 is 2.47 bits per heavy atom. The van der Waals surface area contributed by atoms with E-state index in [0.717, 1.165) is 5.56 Å². The van der Waals surface area contributed by atoms with E-state index in [0.29, 0.717) is 17.1 Å². The fourth-order valence-corrected chi connectivity index (χ4v) is 1.76. The van der Waals surface area contributed by atoms with E-state index in [9.17, 15) is 4.79 Å². The summed E-state index contributed by atoms with van der Waals surface area (Å²) in [7, 11) is 3.06. The smallest absolute Gasteiger partial charge is 0.312 e. The van der Waals surface area contributed by atoms with Crippen LogP contribution in [-0.4, -0.2) is 31.8 Å². The maximum Gasteiger partial charge on any atom is 0.312 e. The Morgan fingerprint density at radius 2 is 2.06 bits per heavy atom. The van der Waals surface area contributed by atoms with Crippen molar-refractivity contribution in [1.29, 1.82) is 0 Å². The van der Waals surface area contributed by atoms with Gasteiger partial charge in [-0.1, -0.05) is 6.07 Å². The zero-order chi connectivity index (χ0) is 13.0. The zero-order valence-electron chi connectivity index (χ0n) is 10.2. The van der Waals surface area contributed by atoms with E-state index in [4.69, 9.17) is 20.3 Å². The lowest BCUT2D eigenvalue weighted by Crippen LogP contribution is -2.21. The molecule has 3 N–H and O–H groups in total. The number of methoxy groups -OCH3 is 2. The molecule has 0 fully saturated rings. The van der Waals surface area contributed by atoms with Crippen LogP contribution in [-0.2, 0) is 4.79 Å². The van der Waals surface area contributed by atoms with Crippen molar-refractivity contribution in [3.8, 4) is 11.5 Å². The van der Waals surface area contributed by atoms with Gasteiger partial charge in [-0.2, -0.15) is 0 Å². The minimum absolute atomic E-state index is 0.0459. The van der Waals surface area contributed by atoms with Crippen molar-refractivity contribution in [3.05, 3.63) is 23.3 Å². The molecule has 1 unspecified atom stereocenters. The predicted molar refractivity (Wildman–Crippen MR) is 63.7 cm³/mol. The summed E-state index contributed by atoms with van der Waals surface area (Å²) >= 11 is 0. The quantitative estimate of drug-likeness (QED) is 0.805. The van der Waals surface area contributed by atoms with E-state index in [2.05, 4.69) is 0 Å². The number of benzene rings is 1. The number of aryl methyl sites for hydroxylation is 1. The first kappa shape index (κ1) is 13.3. The van der Waals surface area contributed by atoms with Gasteiger partial charge >= 0.3 is 5.97 Å². The summed E-state index contributed by atoms with van der Waals surface area (Å²) in [4.78, 5) is 11.0. The molecule has 0 aliphatic heterocycles. The van der Waals surface area contributed by atoms with Crippen molar-refractivity contribution in [3.63, 3.8) is 0 Å². The number of ether oxygens (including phenoxy) is 2. The van der Waals surface area contributed by atoms with Gasteiger partial charge in [0.25, 0.3) is 0 Å². The second-order valence-corrected chi connectivity index (χ2v) is 3.70. The first-order chi connectivity index (χ1) is 8.04. The molecule has 0 aliphatic rings. The van der Waals surface area contributed by atoms with Crippen LogP contribution in [0.15, 0.2) is 12.1 Å². The van der Waals surface area contributed by atoms with Crippen LogP contribution in [0.3, 0.4) is 0 Å². The summed E-state index contributed by atoms with van der Waals surface area (Å²) in [5, 5.41) is 9.06. The Bertz CT molecular complexity index is 417. The Balaban J connectivity index is 3.27. The molecule has 0 aliphatic carbocycles. The molecule has 1 aromatic rings. The van der Waals surface area contributed by atoms with Crippen molar-refractivity contribution < 1.29 is 19.4 Å². The van der Waals surface area contributed by atoms with Gasteiger partial charge in [0.2, 0.25) is 0 Å². The molecule has 1 aromatic carbocycles. The van der Waals surface area contributed by atoms with Crippen LogP contribution in [0.25, 0.3) is 0 Å². The zero-order valence-corrected chi connectivity index (χ0v) is 10.2. The standard InChI is InChI=1S/C12H17NO4/c1-7-4-8(9(6-13)12(14)15)5-10(16-2)11(7)17-3/h4-5,9H,6,13H2,1-3H3,(H,14,15). The van der Waals surface area contributed by atoms with Gasteiger partial charge in [0.15, 0.2) is 11.5 Å². The molecule has 1 atom stereocenters. The lowest BCUT2D eigenvalue weighted by molar-refractivity contribution is -0.138. The molecule has 0 amide bonds. The minimum Gasteiger partial charge on any atom is -0.493 e.